The summed E-state index contributed by atoms with van der Waals surface area (Å²) in [5.74, 6) is -0.401. The lowest BCUT2D eigenvalue weighted by Crippen LogP contribution is -2.36. The maximum Gasteiger partial charge on any atom is 0.436 e. The summed E-state index contributed by atoms with van der Waals surface area (Å²) in [4.78, 5) is 14.2. The third kappa shape index (κ3) is 4.63. The van der Waals surface area contributed by atoms with Gasteiger partial charge in [-0.3, -0.25) is 9.48 Å². The van der Waals surface area contributed by atoms with Gasteiger partial charge in [0, 0.05) is 19.0 Å². The summed E-state index contributed by atoms with van der Waals surface area (Å²) in [6.07, 6.45) is -3.08. The zero-order valence-corrected chi connectivity index (χ0v) is 14.5. The van der Waals surface area contributed by atoms with Gasteiger partial charge in [-0.15, -0.1) is 0 Å². The van der Waals surface area contributed by atoms with Crippen molar-refractivity contribution >= 4 is 17.5 Å². The molecule has 1 aromatic heterocycles. The van der Waals surface area contributed by atoms with Crippen molar-refractivity contribution in [2.45, 2.75) is 45.3 Å². The first-order valence-electron chi connectivity index (χ1n) is 8.10. The first-order valence-corrected chi connectivity index (χ1v) is 8.48. The number of carbonyl (C=O) groups is 1. The molecule has 1 saturated carbocycles. The Morgan fingerprint density at radius 3 is 2.50 bits per heavy atom. The van der Waals surface area contributed by atoms with Crippen LogP contribution in [-0.4, -0.2) is 46.8 Å². The van der Waals surface area contributed by atoms with Gasteiger partial charge in [0.2, 0.25) is 5.91 Å². The molecule has 1 heterocycles. The van der Waals surface area contributed by atoms with E-state index in [1.165, 1.54) is 0 Å². The summed E-state index contributed by atoms with van der Waals surface area (Å²) in [5, 5.41) is 5.89. The van der Waals surface area contributed by atoms with Crippen molar-refractivity contribution in [1.82, 2.24) is 20.0 Å². The van der Waals surface area contributed by atoms with Crippen LogP contribution in [0.25, 0.3) is 0 Å². The van der Waals surface area contributed by atoms with Crippen LogP contribution in [0.15, 0.2) is 0 Å². The topological polar surface area (TPSA) is 50.2 Å². The number of likely N-dealkylation sites (N-methyl/N-ethyl adjacent to an activating group) is 1. The van der Waals surface area contributed by atoms with E-state index in [1.54, 1.807) is 0 Å². The maximum absolute atomic E-state index is 13.0. The highest BCUT2D eigenvalue weighted by Crippen LogP contribution is 2.46. The molecule has 1 aliphatic rings. The van der Waals surface area contributed by atoms with Crippen molar-refractivity contribution in [2.75, 3.05) is 26.2 Å². The largest absolute Gasteiger partial charge is 0.436 e. The van der Waals surface area contributed by atoms with Crippen LogP contribution in [-0.2, 0) is 17.5 Å². The lowest BCUT2D eigenvalue weighted by Gasteiger charge is -2.18. The lowest BCUT2D eigenvalue weighted by atomic mass is 10.2. The van der Waals surface area contributed by atoms with Gasteiger partial charge in [-0.05, 0) is 25.9 Å². The van der Waals surface area contributed by atoms with Crippen molar-refractivity contribution < 1.29 is 18.0 Å². The third-order valence-corrected chi connectivity index (χ3v) is 4.47. The SMILES string of the molecule is CCN(CC)CCNC(=O)Cn1nc(C(F)(F)F)c(Cl)c1C1CC1. The summed E-state index contributed by atoms with van der Waals surface area (Å²) < 4.78 is 40.0. The number of hydrogen-bond donors (Lipinski definition) is 1. The molecule has 1 N–H and O–H groups in total. The van der Waals surface area contributed by atoms with Gasteiger partial charge in [0.05, 0.1) is 10.7 Å². The molecule has 0 aliphatic heterocycles. The second-order valence-electron chi connectivity index (χ2n) is 5.85. The molecule has 0 saturated heterocycles. The second kappa shape index (κ2) is 7.74. The van der Waals surface area contributed by atoms with Gasteiger partial charge in [0.25, 0.3) is 0 Å². The Balaban J connectivity index is 2.02. The minimum atomic E-state index is -4.62. The van der Waals surface area contributed by atoms with E-state index in [0.717, 1.165) is 30.6 Å². The number of amides is 1. The van der Waals surface area contributed by atoms with Crippen LogP contribution < -0.4 is 5.32 Å². The minimum Gasteiger partial charge on any atom is -0.353 e. The number of halogens is 4. The molecule has 24 heavy (non-hydrogen) atoms. The van der Waals surface area contributed by atoms with Crippen molar-refractivity contribution in [3.05, 3.63) is 16.4 Å². The third-order valence-electron chi connectivity index (χ3n) is 4.10. The van der Waals surface area contributed by atoms with Crippen LogP contribution in [0, 0.1) is 0 Å². The molecule has 0 unspecified atom stereocenters. The molecule has 136 valence electrons. The van der Waals surface area contributed by atoms with Crippen LogP contribution in [0.3, 0.4) is 0 Å². The molecule has 1 amide bonds. The summed E-state index contributed by atoms with van der Waals surface area (Å²) in [7, 11) is 0. The average Bonchev–Trinajstić information content (AvgIpc) is 3.27. The number of rotatable bonds is 8. The van der Waals surface area contributed by atoms with Crippen LogP contribution in [0.5, 0.6) is 0 Å². The molecule has 1 fully saturated rings. The maximum atomic E-state index is 13.0. The smallest absolute Gasteiger partial charge is 0.353 e. The van der Waals surface area contributed by atoms with Gasteiger partial charge in [0.1, 0.15) is 6.54 Å². The molecule has 5 nitrogen and oxygen atoms in total. The quantitative estimate of drug-likeness (QED) is 0.769. The van der Waals surface area contributed by atoms with Crippen LogP contribution >= 0.6 is 11.6 Å². The fourth-order valence-electron chi connectivity index (χ4n) is 2.59. The molecular formula is C15H22ClF3N4O. The Morgan fingerprint density at radius 2 is 2.00 bits per heavy atom. The average molecular weight is 367 g/mol. The van der Waals surface area contributed by atoms with E-state index in [1.807, 2.05) is 13.8 Å². The van der Waals surface area contributed by atoms with E-state index in [4.69, 9.17) is 11.6 Å². The van der Waals surface area contributed by atoms with E-state index in [2.05, 4.69) is 15.3 Å². The zero-order valence-electron chi connectivity index (χ0n) is 13.8. The Hall–Kier alpha value is -1.28. The molecule has 1 aromatic rings. The Kier molecular flexibility index (Phi) is 6.14. The van der Waals surface area contributed by atoms with E-state index < -0.39 is 11.9 Å². The van der Waals surface area contributed by atoms with Crippen LogP contribution in [0.1, 0.15) is 44.0 Å². The van der Waals surface area contributed by atoms with Gasteiger partial charge in [-0.1, -0.05) is 25.4 Å². The van der Waals surface area contributed by atoms with Crippen molar-refractivity contribution in [2.24, 2.45) is 0 Å². The standard InChI is InChI=1S/C15H22ClF3N4O/c1-3-22(4-2)8-7-20-11(24)9-23-13(10-5-6-10)12(16)14(21-23)15(17,18)19/h10H,3-9H2,1-2H3,(H,20,24). The van der Waals surface area contributed by atoms with Gasteiger partial charge in [-0.25, -0.2) is 0 Å². The van der Waals surface area contributed by atoms with E-state index in [0.29, 0.717) is 18.8 Å². The molecule has 0 atom stereocenters. The number of nitrogens with one attached hydrogen (secondary N) is 1. The molecule has 0 spiro atoms. The first-order chi connectivity index (χ1) is 11.3. The Morgan fingerprint density at radius 1 is 1.38 bits per heavy atom. The zero-order chi connectivity index (χ0) is 17.9. The highest BCUT2D eigenvalue weighted by Gasteiger charge is 2.42. The van der Waals surface area contributed by atoms with Crippen LogP contribution in [0.4, 0.5) is 13.2 Å². The van der Waals surface area contributed by atoms with E-state index in [-0.39, 0.29) is 23.4 Å². The highest BCUT2D eigenvalue weighted by atomic mass is 35.5. The fraction of sp³-hybridized carbons (Fsp3) is 0.733. The van der Waals surface area contributed by atoms with E-state index in [9.17, 15) is 18.0 Å². The molecule has 0 aromatic carbocycles. The van der Waals surface area contributed by atoms with E-state index >= 15 is 0 Å². The number of hydrogen-bond acceptors (Lipinski definition) is 3. The van der Waals surface area contributed by atoms with Gasteiger partial charge >= 0.3 is 6.18 Å². The van der Waals surface area contributed by atoms with Gasteiger partial charge in [-0.2, -0.15) is 18.3 Å². The Bertz CT molecular complexity index is 580. The molecule has 9 heteroatoms. The normalized spacial score (nSPS) is 15.1. The minimum absolute atomic E-state index is 0.0374. The summed E-state index contributed by atoms with van der Waals surface area (Å²) in [6.45, 7) is 6.70. The predicted octanol–water partition coefficient (Wildman–Crippen LogP) is 2.89. The fourth-order valence-corrected chi connectivity index (χ4v) is 2.98. The Labute approximate surface area is 144 Å². The van der Waals surface area contributed by atoms with Crippen molar-refractivity contribution in [3.63, 3.8) is 0 Å². The molecule has 0 radical (unpaired) electrons. The number of carbonyl (C=O) groups excluding carboxylic acids is 1. The van der Waals surface area contributed by atoms with Gasteiger partial charge in [0.15, 0.2) is 5.69 Å². The monoisotopic (exact) mass is 366 g/mol. The number of alkyl halides is 3. The molecule has 0 bridgehead atoms. The van der Waals surface area contributed by atoms with Crippen molar-refractivity contribution in [3.8, 4) is 0 Å². The number of nitrogens with zero attached hydrogens (tertiary/aromatic N) is 3. The molecular weight excluding hydrogens is 345 g/mol. The summed E-state index contributed by atoms with van der Waals surface area (Å²) >= 11 is 5.87. The molecule has 2 rings (SSSR count). The first kappa shape index (κ1) is 19.1. The second-order valence-corrected chi connectivity index (χ2v) is 6.23. The summed E-state index contributed by atoms with van der Waals surface area (Å²) in [6, 6.07) is 0. The summed E-state index contributed by atoms with van der Waals surface area (Å²) in [5.41, 5.74) is -0.787. The van der Waals surface area contributed by atoms with Crippen molar-refractivity contribution in [1.29, 1.82) is 0 Å². The molecule has 1 aliphatic carbocycles. The van der Waals surface area contributed by atoms with Crippen LogP contribution in [0.2, 0.25) is 5.02 Å². The lowest BCUT2D eigenvalue weighted by molar-refractivity contribution is -0.141. The predicted molar refractivity (Wildman–Crippen MR) is 85.0 cm³/mol. The number of aromatic nitrogens is 2. The van der Waals surface area contributed by atoms with Gasteiger partial charge < -0.3 is 10.2 Å². The highest BCUT2D eigenvalue weighted by molar-refractivity contribution is 6.32.